The van der Waals surface area contributed by atoms with E-state index in [4.69, 9.17) is 5.73 Å². The van der Waals surface area contributed by atoms with Crippen LogP contribution in [0, 0.1) is 19.3 Å². The molecule has 0 aliphatic heterocycles. The van der Waals surface area contributed by atoms with Gasteiger partial charge in [-0.05, 0) is 44.7 Å². The van der Waals surface area contributed by atoms with Gasteiger partial charge in [0.2, 0.25) is 0 Å². The first kappa shape index (κ1) is 12.6. The molecule has 17 heavy (non-hydrogen) atoms. The maximum Gasteiger partial charge on any atom is 0.0939 e. The molecule has 2 heteroatoms. The predicted octanol–water partition coefficient (Wildman–Crippen LogP) is 2.64. The molecule has 1 aliphatic rings. The van der Waals surface area contributed by atoms with Crippen molar-refractivity contribution in [2.24, 2.45) is 11.1 Å². The van der Waals surface area contributed by atoms with Gasteiger partial charge in [-0.25, -0.2) is 0 Å². The highest BCUT2D eigenvalue weighted by atomic mass is 16.3. The second kappa shape index (κ2) is 4.11. The highest BCUT2D eigenvalue weighted by Gasteiger charge is 2.51. The van der Waals surface area contributed by atoms with Crippen molar-refractivity contribution in [1.82, 2.24) is 0 Å². The van der Waals surface area contributed by atoms with Gasteiger partial charge in [-0.2, -0.15) is 0 Å². The summed E-state index contributed by atoms with van der Waals surface area (Å²) in [4.78, 5) is 0. The predicted molar refractivity (Wildman–Crippen MR) is 70.8 cm³/mol. The Labute approximate surface area is 104 Å². The number of aliphatic hydroxyl groups is 1. The van der Waals surface area contributed by atoms with Crippen LogP contribution in [0.5, 0.6) is 0 Å². The second-order valence-corrected chi connectivity index (χ2v) is 5.73. The molecule has 0 bridgehead atoms. The van der Waals surface area contributed by atoms with E-state index in [1.54, 1.807) is 0 Å². The number of rotatable bonds is 3. The van der Waals surface area contributed by atoms with E-state index in [0.29, 0.717) is 6.54 Å². The average Bonchev–Trinajstić information content (AvgIpc) is 2.20. The molecular formula is C15H23NO. The molecule has 1 atom stereocenters. The third kappa shape index (κ3) is 1.80. The van der Waals surface area contributed by atoms with Crippen LogP contribution in [0.15, 0.2) is 18.2 Å². The van der Waals surface area contributed by atoms with Crippen LogP contribution in [-0.2, 0) is 5.60 Å². The first-order valence-corrected chi connectivity index (χ1v) is 6.43. The van der Waals surface area contributed by atoms with Crippen LogP contribution >= 0.6 is 0 Å². The minimum Gasteiger partial charge on any atom is -0.385 e. The minimum atomic E-state index is -0.809. The lowest BCUT2D eigenvalue weighted by Crippen LogP contribution is -2.53. The lowest BCUT2D eigenvalue weighted by atomic mass is 9.57. The third-order valence-electron chi connectivity index (χ3n) is 4.65. The van der Waals surface area contributed by atoms with Crippen molar-refractivity contribution in [2.75, 3.05) is 6.54 Å². The Balaban J connectivity index is 2.46. The van der Waals surface area contributed by atoms with Crippen molar-refractivity contribution in [2.45, 2.75) is 45.6 Å². The van der Waals surface area contributed by atoms with Gasteiger partial charge in [-0.1, -0.05) is 30.2 Å². The van der Waals surface area contributed by atoms with Crippen molar-refractivity contribution in [3.8, 4) is 0 Å². The summed E-state index contributed by atoms with van der Waals surface area (Å²) in [6.45, 7) is 6.62. The number of hydrogen-bond donors (Lipinski definition) is 2. The first-order chi connectivity index (χ1) is 7.93. The molecule has 1 fully saturated rings. The number of aryl methyl sites for hydroxylation is 2. The SMILES string of the molecule is Cc1ccc(C)c(C(C)(O)C2(CN)CCC2)c1. The van der Waals surface area contributed by atoms with E-state index in [0.717, 1.165) is 24.0 Å². The normalized spacial score (nSPS) is 21.7. The molecule has 0 aromatic heterocycles. The van der Waals surface area contributed by atoms with Crippen LogP contribution in [0.3, 0.4) is 0 Å². The van der Waals surface area contributed by atoms with E-state index in [-0.39, 0.29) is 5.41 Å². The Morgan fingerprint density at radius 2 is 2.00 bits per heavy atom. The van der Waals surface area contributed by atoms with Gasteiger partial charge in [0.1, 0.15) is 0 Å². The molecule has 1 unspecified atom stereocenters. The molecule has 1 aromatic carbocycles. The summed E-state index contributed by atoms with van der Waals surface area (Å²) in [6, 6.07) is 6.28. The van der Waals surface area contributed by atoms with Crippen LogP contribution in [0.1, 0.15) is 42.9 Å². The Morgan fingerprint density at radius 3 is 2.47 bits per heavy atom. The maximum absolute atomic E-state index is 11.0. The number of hydrogen-bond acceptors (Lipinski definition) is 2. The molecule has 0 amide bonds. The van der Waals surface area contributed by atoms with E-state index in [1.807, 2.05) is 6.92 Å². The Morgan fingerprint density at radius 1 is 1.35 bits per heavy atom. The fourth-order valence-electron chi connectivity index (χ4n) is 3.04. The zero-order valence-corrected chi connectivity index (χ0v) is 11.1. The summed E-state index contributed by atoms with van der Waals surface area (Å²) in [5, 5.41) is 11.0. The Bertz CT molecular complexity index is 413. The summed E-state index contributed by atoms with van der Waals surface area (Å²) >= 11 is 0. The lowest BCUT2D eigenvalue weighted by Gasteiger charge is -2.52. The first-order valence-electron chi connectivity index (χ1n) is 6.43. The molecular weight excluding hydrogens is 210 g/mol. The highest BCUT2D eigenvalue weighted by molar-refractivity contribution is 5.37. The summed E-state index contributed by atoms with van der Waals surface area (Å²) in [5.41, 5.74) is 8.38. The molecule has 94 valence electrons. The minimum absolute atomic E-state index is 0.119. The molecule has 2 rings (SSSR count). The molecule has 1 saturated carbocycles. The molecule has 0 saturated heterocycles. The van der Waals surface area contributed by atoms with Crippen LogP contribution in [0.2, 0.25) is 0 Å². The van der Waals surface area contributed by atoms with E-state index >= 15 is 0 Å². The van der Waals surface area contributed by atoms with E-state index in [1.165, 1.54) is 12.0 Å². The smallest absolute Gasteiger partial charge is 0.0939 e. The van der Waals surface area contributed by atoms with Gasteiger partial charge < -0.3 is 10.8 Å². The van der Waals surface area contributed by atoms with Crippen molar-refractivity contribution >= 4 is 0 Å². The quantitative estimate of drug-likeness (QED) is 0.843. The molecule has 0 radical (unpaired) electrons. The molecule has 1 aliphatic carbocycles. The van der Waals surface area contributed by atoms with Gasteiger partial charge in [-0.3, -0.25) is 0 Å². The molecule has 1 aromatic rings. The summed E-state index contributed by atoms with van der Waals surface area (Å²) < 4.78 is 0. The van der Waals surface area contributed by atoms with Gasteiger partial charge in [0, 0.05) is 12.0 Å². The average molecular weight is 233 g/mol. The standard InChI is InChI=1S/C15H23NO/c1-11-5-6-12(2)13(9-11)14(3,17)15(10-16)7-4-8-15/h5-6,9,17H,4,7-8,10,16H2,1-3H3. The van der Waals surface area contributed by atoms with Crippen LogP contribution in [0.4, 0.5) is 0 Å². The fraction of sp³-hybridized carbons (Fsp3) is 0.600. The third-order valence-corrected chi connectivity index (χ3v) is 4.65. The van der Waals surface area contributed by atoms with Gasteiger partial charge >= 0.3 is 0 Å². The topological polar surface area (TPSA) is 46.2 Å². The van der Waals surface area contributed by atoms with E-state index < -0.39 is 5.60 Å². The highest BCUT2D eigenvalue weighted by Crippen LogP contribution is 2.53. The molecule has 0 spiro atoms. The number of benzene rings is 1. The molecule has 2 nitrogen and oxygen atoms in total. The van der Waals surface area contributed by atoms with E-state index in [2.05, 4.69) is 32.0 Å². The largest absolute Gasteiger partial charge is 0.385 e. The van der Waals surface area contributed by atoms with Crippen LogP contribution in [0.25, 0.3) is 0 Å². The van der Waals surface area contributed by atoms with Crippen molar-refractivity contribution < 1.29 is 5.11 Å². The Hall–Kier alpha value is -0.860. The molecule has 0 heterocycles. The number of nitrogens with two attached hydrogens (primary N) is 1. The second-order valence-electron chi connectivity index (χ2n) is 5.73. The maximum atomic E-state index is 11.0. The lowest BCUT2D eigenvalue weighted by molar-refractivity contribution is -0.117. The Kier molecular flexibility index (Phi) is 3.04. The summed E-state index contributed by atoms with van der Waals surface area (Å²) in [6.07, 6.45) is 3.24. The van der Waals surface area contributed by atoms with Gasteiger partial charge in [0.15, 0.2) is 0 Å². The van der Waals surface area contributed by atoms with Gasteiger partial charge in [0.05, 0.1) is 5.60 Å². The van der Waals surface area contributed by atoms with Gasteiger partial charge in [0.25, 0.3) is 0 Å². The summed E-state index contributed by atoms with van der Waals surface area (Å²) in [5.74, 6) is 0. The van der Waals surface area contributed by atoms with Crippen molar-refractivity contribution in [1.29, 1.82) is 0 Å². The van der Waals surface area contributed by atoms with Crippen molar-refractivity contribution in [3.63, 3.8) is 0 Å². The zero-order chi connectivity index (χ0) is 12.7. The monoisotopic (exact) mass is 233 g/mol. The van der Waals surface area contributed by atoms with Crippen molar-refractivity contribution in [3.05, 3.63) is 34.9 Å². The van der Waals surface area contributed by atoms with Gasteiger partial charge in [-0.15, -0.1) is 0 Å². The van der Waals surface area contributed by atoms with Crippen LogP contribution in [-0.4, -0.2) is 11.7 Å². The summed E-state index contributed by atoms with van der Waals surface area (Å²) in [7, 11) is 0. The van der Waals surface area contributed by atoms with E-state index in [9.17, 15) is 5.11 Å². The zero-order valence-electron chi connectivity index (χ0n) is 11.1. The fourth-order valence-corrected chi connectivity index (χ4v) is 3.04. The van der Waals surface area contributed by atoms with Crippen LogP contribution < -0.4 is 5.73 Å². The molecule has 3 N–H and O–H groups in total.